The van der Waals surface area contributed by atoms with Gasteiger partial charge in [0, 0.05) is 19.6 Å². The lowest BCUT2D eigenvalue weighted by molar-refractivity contribution is -0.117. The maximum atomic E-state index is 12.4. The van der Waals surface area contributed by atoms with Gasteiger partial charge in [-0.3, -0.25) is 4.79 Å². The minimum absolute atomic E-state index is 0.189. The number of carbonyl (C=O) groups is 1. The highest BCUT2D eigenvalue weighted by Gasteiger charge is 2.29. The molecule has 1 saturated heterocycles. The predicted octanol–water partition coefficient (Wildman–Crippen LogP) is 3.55. The summed E-state index contributed by atoms with van der Waals surface area (Å²) in [5.41, 5.74) is 7.33. The zero-order chi connectivity index (χ0) is 24.1. The lowest BCUT2D eigenvalue weighted by atomic mass is 10.0. The maximum Gasteiger partial charge on any atom is 0.235 e. The van der Waals surface area contributed by atoms with Crippen LogP contribution >= 0.6 is 11.8 Å². The Kier molecular flexibility index (Phi) is 7.17. The van der Waals surface area contributed by atoms with Crippen LogP contribution in [0.5, 0.6) is 0 Å². The van der Waals surface area contributed by atoms with Gasteiger partial charge < -0.3 is 20.0 Å². The fraction of sp³-hybridized carbons (Fsp3) is 0.280. The number of furan rings is 1. The fourth-order valence-electron chi connectivity index (χ4n) is 4.03. The number of amides is 1. The van der Waals surface area contributed by atoms with E-state index in [2.05, 4.69) is 29.0 Å². The lowest BCUT2D eigenvalue weighted by Gasteiger charge is -2.25. The van der Waals surface area contributed by atoms with E-state index in [4.69, 9.17) is 15.1 Å². The molecule has 1 aliphatic rings. The number of hydrogen-bond donors (Lipinski definition) is 1. The molecule has 1 aromatic carbocycles. The first-order valence-corrected chi connectivity index (χ1v) is 11.8. The molecule has 172 valence electrons. The van der Waals surface area contributed by atoms with Gasteiger partial charge in [0.05, 0.1) is 17.4 Å². The topological polar surface area (TPSA) is 123 Å². The Labute approximate surface area is 202 Å². The SMILES string of the molecule is CN1CCCN(c2nc(SC(C(N)=O)c3ccccc3)c(C#N)c(-c3ccco3)c2C#N)CC1. The van der Waals surface area contributed by atoms with Crippen LogP contribution in [0.25, 0.3) is 11.3 Å². The van der Waals surface area contributed by atoms with E-state index in [0.717, 1.165) is 37.8 Å². The van der Waals surface area contributed by atoms with Gasteiger partial charge >= 0.3 is 0 Å². The third-order valence-electron chi connectivity index (χ3n) is 5.75. The molecule has 1 aliphatic heterocycles. The molecule has 8 nitrogen and oxygen atoms in total. The van der Waals surface area contributed by atoms with Crippen LogP contribution < -0.4 is 10.6 Å². The van der Waals surface area contributed by atoms with Crippen LogP contribution in [-0.4, -0.2) is 49.0 Å². The zero-order valence-electron chi connectivity index (χ0n) is 18.8. The van der Waals surface area contributed by atoms with Crippen molar-refractivity contribution in [2.75, 3.05) is 38.1 Å². The summed E-state index contributed by atoms with van der Waals surface area (Å²) in [6, 6.07) is 17.0. The zero-order valence-corrected chi connectivity index (χ0v) is 19.6. The van der Waals surface area contributed by atoms with Crippen molar-refractivity contribution in [2.45, 2.75) is 16.7 Å². The first kappa shape index (κ1) is 23.4. The summed E-state index contributed by atoms with van der Waals surface area (Å²) in [6.45, 7) is 3.17. The van der Waals surface area contributed by atoms with Gasteiger partial charge in [0.25, 0.3) is 0 Å². The number of carbonyl (C=O) groups excluding carboxylic acids is 1. The second kappa shape index (κ2) is 10.4. The van der Waals surface area contributed by atoms with Crippen molar-refractivity contribution in [1.29, 1.82) is 10.5 Å². The largest absolute Gasteiger partial charge is 0.464 e. The highest BCUT2D eigenvalue weighted by atomic mass is 32.2. The minimum Gasteiger partial charge on any atom is -0.464 e. The minimum atomic E-state index is -0.749. The van der Waals surface area contributed by atoms with Crippen LogP contribution in [0.4, 0.5) is 5.82 Å². The molecule has 2 N–H and O–H groups in total. The Hall–Kier alpha value is -3.79. The van der Waals surface area contributed by atoms with Crippen molar-refractivity contribution >= 4 is 23.5 Å². The molecule has 9 heteroatoms. The fourth-order valence-corrected chi connectivity index (χ4v) is 5.07. The smallest absolute Gasteiger partial charge is 0.235 e. The van der Waals surface area contributed by atoms with E-state index in [9.17, 15) is 15.3 Å². The second-order valence-electron chi connectivity index (χ2n) is 8.02. The molecule has 0 spiro atoms. The number of anilines is 1. The number of aromatic nitrogens is 1. The first-order valence-electron chi connectivity index (χ1n) is 10.9. The van der Waals surface area contributed by atoms with Gasteiger partial charge in [-0.2, -0.15) is 10.5 Å². The molecule has 3 aromatic rings. The number of hydrogen-bond acceptors (Lipinski definition) is 8. The predicted molar refractivity (Wildman–Crippen MR) is 130 cm³/mol. The second-order valence-corrected chi connectivity index (χ2v) is 9.12. The number of thioether (sulfide) groups is 1. The molecule has 0 bridgehead atoms. The number of likely N-dealkylation sites (N-methyl/N-ethyl adjacent to an activating group) is 1. The van der Waals surface area contributed by atoms with Crippen LogP contribution in [0.2, 0.25) is 0 Å². The molecule has 4 rings (SSSR count). The Balaban J connectivity index is 1.90. The van der Waals surface area contributed by atoms with Crippen LogP contribution in [0.1, 0.15) is 28.4 Å². The van der Waals surface area contributed by atoms with E-state index in [-0.39, 0.29) is 11.1 Å². The van der Waals surface area contributed by atoms with Crippen LogP contribution in [0, 0.1) is 22.7 Å². The average Bonchev–Trinajstić information content (AvgIpc) is 3.29. The number of pyridine rings is 1. The van der Waals surface area contributed by atoms with Crippen molar-refractivity contribution in [3.63, 3.8) is 0 Å². The molecule has 3 heterocycles. The summed E-state index contributed by atoms with van der Waals surface area (Å²) in [4.78, 5) is 21.5. The van der Waals surface area contributed by atoms with E-state index in [1.54, 1.807) is 12.1 Å². The number of nitrogens with two attached hydrogens (primary N) is 1. The van der Waals surface area contributed by atoms with E-state index in [0.29, 0.717) is 34.3 Å². The third-order valence-corrected chi connectivity index (χ3v) is 7.00. The molecule has 0 aliphatic carbocycles. The van der Waals surface area contributed by atoms with Gasteiger partial charge in [0.1, 0.15) is 39.6 Å². The number of primary amides is 1. The van der Waals surface area contributed by atoms with E-state index in [1.165, 1.54) is 6.26 Å². The average molecular weight is 473 g/mol. The van der Waals surface area contributed by atoms with E-state index < -0.39 is 11.2 Å². The summed E-state index contributed by atoms with van der Waals surface area (Å²) in [7, 11) is 2.06. The number of nitrogens with zero attached hydrogens (tertiary/aromatic N) is 5. The standard InChI is InChI=1S/C25H24N6O2S/c1-30-10-6-11-31(13-12-30)24-18(15-26)21(20-9-5-14-33-20)19(16-27)25(29-24)34-22(23(28)32)17-7-3-2-4-8-17/h2-5,7-9,14,22H,6,10-13H2,1H3,(H2,28,32). The highest BCUT2D eigenvalue weighted by molar-refractivity contribution is 8.00. The number of nitriles is 2. The molecule has 1 amide bonds. The first-order chi connectivity index (χ1) is 16.5. The van der Waals surface area contributed by atoms with Gasteiger partial charge in [0.2, 0.25) is 5.91 Å². The molecular weight excluding hydrogens is 448 g/mol. The molecule has 2 aromatic heterocycles. The number of rotatable bonds is 6. The van der Waals surface area contributed by atoms with Gasteiger partial charge in [-0.15, -0.1) is 0 Å². The van der Waals surface area contributed by atoms with Crippen LogP contribution in [-0.2, 0) is 4.79 Å². The Morgan fingerprint density at radius 1 is 1.09 bits per heavy atom. The molecule has 0 radical (unpaired) electrons. The molecular formula is C25H24N6O2S. The van der Waals surface area contributed by atoms with Crippen molar-refractivity contribution in [3.8, 4) is 23.5 Å². The van der Waals surface area contributed by atoms with E-state index >= 15 is 0 Å². The molecule has 0 saturated carbocycles. The van der Waals surface area contributed by atoms with Gasteiger partial charge in [-0.25, -0.2) is 4.98 Å². The van der Waals surface area contributed by atoms with Crippen LogP contribution in [0.3, 0.4) is 0 Å². The Bertz CT molecular complexity index is 1250. The van der Waals surface area contributed by atoms with Crippen LogP contribution in [0.15, 0.2) is 58.2 Å². The molecule has 1 atom stereocenters. The summed E-state index contributed by atoms with van der Waals surface area (Å²) in [5, 5.41) is 19.9. The van der Waals surface area contributed by atoms with Gasteiger partial charge in [-0.1, -0.05) is 42.1 Å². The highest BCUT2D eigenvalue weighted by Crippen LogP contribution is 2.42. The monoisotopic (exact) mass is 472 g/mol. The summed E-state index contributed by atoms with van der Waals surface area (Å²) in [6.07, 6.45) is 2.41. The quantitative estimate of drug-likeness (QED) is 0.540. The molecule has 34 heavy (non-hydrogen) atoms. The third kappa shape index (κ3) is 4.76. The summed E-state index contributed by atoms with van der Waals surface area (Å²) in [5.74, 6) is 0.353. The molecule has 1 fully saturated rings. The Morgan fingerprint density at radius 2 is 1.85 bits per heavy atom. The maximum absolute atomic E-state index is 12.4. The van der Waals surface area contributed by atoms with E-state index in [1.807, 2.05) is 30.3 Å². The van der Waals surface area contributed by atoms with Crippen molar-refractivity contribution in [1.82, 2.24) is 9.88 Å². The number of benzene rings is 1. The van der Waals surface area contributed by atoms with Crippen molar-refractivity contribution < 1.29 is 9.21 Å². The summed E-state index contributed by atoms with van der Waals surface area (Å²) >= 11 is 1.12. The normalized spacial score (nSPS) is 15.2. The van der Waals surface area contributed by atoms with Gasteiger partial charge in [0.15, 0.2) is 0 Å². The summed E-state index contributed by atoms with van der Waals surface area (Å²) < 4.78 is 5.62. The van der Waals surface area contributed by atoms with Crippen molar-refractivity contribution in [3.05, 3.63) is 65.4 Å². The van der Waals surface area contributed by atoms with Crippen molar-refractivity contribution in [2.24, 2.45) is 5.73 Å². The molecule has 1 unspecified atom stereocenters. The lowest BCUT2D eigenvalue weighted by Crippen LogP contribution is -2.30. The Morgan fingerprint density at radius 3 is 2.50 bits per heavy atom. The van der Waals surface area contributed by atoms with Gasteiger partial charge in [-0.05, 0) is 37.7 Å².